The number of hydrogen-bond acceptors (Lipinski definition) is 4. The van der Waals surface area contributed by atoms with Crippen molar-refractivity contribution in [2.24, 2.45) is 0 Å². The molecule has 3 N–H and O–H groups in total. The van der Waals surface area contributed by atoms with Gasteiger partial charge in [0.2, 0.25) is 0 Å². The van der Waals surface area contributed by atoms with Gasteiger partial charge in [-0.25, -0.2) is 0 Å². The van der Waals surface area contributed by atoms with E-state index in [2.05, 4.69) is 12.2 Å². The monoisotopic (exact) mass is 303 g/mol. The quantitative estimate of drug-likeness (QED) is 0.646. The molecule has 0 saturated heterocycles. The summed E-state index contributed by atoms with van der Waals surface area (Å²) in [6, 6.07) is 6.74. The van der Waals surface area contributed by atoms with Crippen LogP contribution in [0.25, 0.3) is 0 Å². The number of phenolic OH excluding ortho intramolecular Hbond substituents is 1. The number of hydrogen-bond donors (Lipinski definition) is 3. The average Bonchev–Trinajstić information content (AvgIpc) is 2.39. The van der Waals surface area contributed by atoms with Gasteiger partial charge < -0.3 is 20.3 Å². The Labute approximate surface area is 127 Å². The number of nitrogens with one attached hydrogen (secondary N) is 1. The number of rotatable bonds is 8. The van der Waals surface area contributed by atoms with E-state index in [0.29, 0.717) is 6.61 Å². The Bertz CT molecular complexity index is 359. The molecule has 0 fully saturated rings. The first-order chi connectivity index (χ1) is 9.04. The molecule has 0 spiro atoms. The summed E-state index contributed by atoms with van der Waals surface area (Å²) in [5.74, 6) is 0.206. The number of aliphatic hydroxyl groups is 1. The smallest absolute Gasteiger partial charge is 0.115 e. The van der Waals surface area contributed by atoms with Crippen molar-refractivity contribution >= 4 is 12.4 Å². The van der Waals surface area contributed by atoms with Gasteiger partial charge >= 0.3 is 0 Å². The number of aromatic hydroxyl groups is 1. The van der Waals surface area contributed by atoms with Crippen LogP contribution in [0, 0.1) is 0 Å². The first kappa shape index (κ1) is 19.2. The number of benzene rings is 1. The SMILES string of the molecule is CCCOCC(C)NC(C)C(O)c1ccc(O)cc1.Cl. The van der Waals surface area contributed by atoms with Gasteiger partial charge in [-0.2, -0.15) is 0 Å². The van der Waals surface area contributed by atoms with Crippen molar-refractivity contribution in [2.45, 2.75) is 45.4 Å². The van der Waals surface area contributed by atoms with Gasteiger partial charge in [0, 0.05) is 18.7 Å². The maximum absolute atomic E-state index is 10.2. The minimum Gasteiger partial charge on any atom is -0.508 e. The molecule has 0 aliphatic rings. The highest BCUT2D eigenvalue weighted by molar-refractivity contribution is 5.85. The van der Waals surface area contributed by atoms with Crippen molar-refractivity contribution in [3.05, 3.63) is 29.8 Å². The summed E-state index contributed by atoms with van der Waals surface area (Å²) in [5.41, 5.74) is 0.791. The van der Waals surface area contributed by atoms with Gasteiger partial charge in [-0.1, -0.05) is 19.1 Å². The van der Waals surface area contributed by atoms with E-state index in [9.17, 15) is 10.2 Å². The Morgan fingerprint density at radius 2 is 1.80 bits per heavy atom. The third kappa shape index (κ3) is 6.57. The number of halogens is 1. The average molecular weight is 304 g/mol. The van der Waals surface area contributed by atoms with Crippen LogP contribution in [0.4, 0.5) is 0 Å². The molecule has 0 heterocycles. The molecule has 20 heavy (non-hydrogen) atoms. The largest absolute Gasteiger partial charge is 0.508 e. The minimum atomic E-state index is -0.603. The lowest BCUT2D eigenvalue weighted by Crippen LogP contribution is -2.41. The molecule has 0 radical (unpaired) electrons. The van der Waals surface area contributed by atoms with E-state index in [4.69, 9.17) is 4.74 Å². The summed E-state index contributed by atoms with van der Waals surface area (Å²) in [4.78, 5) is 0. The summed E-state index contributed by atoms with van der Waals surface area (Å²) in [7, 11) is 0. The van der Waals surface area contributed by atoms with E-state index in [1.807, 2.05) is 13.8 Å². The molecule has 3 atom stereocenters. The summed E-state index contributed by atoms with van der Waals surface area (Å²) in [6.45, 7) is 7.46. The van der Waals surface area contributed by atoms with Crippen LogP contribution in [0.5, 0.6) is 5.75 Å². The molecule has 1 rings (SSSR count). The fourth-order valence-corrected chi connectivity index (χ4v) is 1.95. The predicted molar refractivity (Wildman–Crippen MR) is 83.5 cm³/mol. The van der Waals surface area contributed by atoms with E-state index in [-0.39, 0.29) is 30.2 Å². The summed E-state index contributed by atoms with van der Waals surface area (Å²) in [6.07, 6.45) is 0.410. The van der Waals surface area contributed by atoms with Gasteiger partial charge in [0.05, 0.1) is 12.7 Å². The highest BCUT2D eigenvalue weighted by atomic mass is 35.5. The van der Waals surface area contributed by atoms with Gasteiger partial charge in [0.15, 0.2) is 0 Å². The Morgan fingerprint density at radius 1 is 1.20 bits per heavy atom. The zero-order valence-corrected chi connectivity index (χ0v) is 13.2. The van der Waals surface area contributed by atoms with E-state index in [1.165, 1.54) is 0 Å². The van der Waals surface area contributed by atoms with Crippen LogP contribution in [0.2, 0.25) is 0 Å². The van der Waals surface area contributed by atoms with Crippen molar-refractivity contribution in [3.8, 4) is 5.75 Å². The van der Waals surface area contributed by atoms with Crippen LogP contribution in [0.1, 0.15) is 38.9 Å². The standard InChI is InChI=1S/C15H25NO3.ClH/c1-4-9-19-10-11(2)16-12(3)15(18)13-5-7-14(17)8-6-13;/h5-8,11-12,15-18H,4,9-10H2,1-3H3;1H. The van der Waals surface area contributed by atoms with E-state index in [1.54, 1.807) is 24.3 Å². The third-order valence-corrected chi connectivity index (χ3v) is 2.97. The van der Waals surface area contributed by atoms with E-state index in [0.717, 1.165) is 18.6 Å². The maximum Gasteiger partial charge on any atom is 0.115 e. The summed E-state index contributed by atoms with van der Waals surface area (Å²) >= 11 is 0. The van der Waals surface area contributed by atoms with Crippen LogP contribution >= 0.6 is 12.4 Å². The normalized spacial score (nSPS) is 15.2. The van der Waals surface area contributed by atoms with E-state index >= 15 is 0 Å². The second-order valence-corrected chi connectivity index (χ2v) is 4.97. The lowest BCUT2D eigenvalue weighted by Gasteiger charge is -2.24. The van der Waals surface area contributed by atoms with E-state index < -0.39 is 6.10 Å². The molecule has 5 heteroatoms. The molecule has 4 nitrogen and oxygen atoms in total. The highest BCUT2D eigenvalue weighted by Crippen LogP contribution is 2.19. The van der Waals surface area contributed by atoms with Crippen LogP contribution < -0.4 is 5.32 Å². The van der Waals surface area contributed by atoms with Gasteiger partial charge in [-0.3, -0.25) is 0 Å². The zero-order chi connectivity index (χ0) is 14.3. The maximum atomic E-state index is 10.2. The van der Waals surface area contributed by atoms with Crippen LogP contribution in [0.15, 0.2) is 24.3 Å². The van der Waals surface area contributed by atoms with Gasteiger partial charge in [0.25, 0.3) is 0 Å². The molecule has 1 aromatic rings. The molecule has 0 aliphatic carbocycles. The Balaban J connectivity index is 0.00000361. The molecule has 0 aromatic heterocycles. The zero-order valence-electron chi connectivity index (χ0n) is 12.4. The van der Waals surface area contributed by atoms with Gasteiger partial charge in [-0.05, 0) is 38.0 Å². The number of phenols is 1. The Hall–Kier alpha value is -0.810. The van der Waals surface area contributed by atoms with Crippen LogP contribution in [0.3, 0.4) is 0 Å². The number of aliphatic hydroxyl groups excluding tert-OH is 1. The fraction of sp³-hybridized carbons (Fsp3) is 0.600. The van der Waals surface area contributed by atoms with Crippen molar-refractivity contribution in [1.82, 2.24) is 5.32 Å². The lowest BCUT2D eigenvalue weighted by molar-refractivity contribution is 0.0907. The Morgan fingerprint density at radius 3 is 2.35 bits per heavy atom. The summed E-state index contributed by atoms with van der Waals surface area (Å²) < 4.78 is 5.47. The molecule has 0 bridgehead atoms. The molecule has 3 unspecified atom stereocenters. The molecule has 0 aliphatic heterocycles. The van der Waals surface area contributed by atoms with Crippen molar-refractivity contribution in [1.29, 1.82) is 0 Å². The molecular formula is C15H26ClNO3. The topological polar surface area (TPSA) is 61.7 Å². The third-order valence-electron chi connectivity index (χ3n) is 2.97. The fourth-order valence-electron chi connectivity index (χ4n) is 1.95. The van der Waals surface area contributed by atoms with Gasteiger partial charge in [-0.15, -0.1) is 12.4 Å². The van der Waals surface area contributed by atoms with Gasteiger partial charge in [0.1, 0.15) is 5.75 Å². The second kappa shape index (κ2) is 10.00. The lowest BCUT2D eigenvalue weighted by atomic mass is 10.0. The first-order valence-corrected chi connectivity index (χ1v) is 6.85. The molecule has 0 amide bonds. The molecule has 116 valence electrons. The number of ether oxygens (including phenoxy) is 1. The van der Waals surface area contributed by atoms with Crippen molar-refractivity contribution in [2.75, 3.05) is 13.2 Å². The Kier molecular flexibility index (Phi) is 9.59. The second-order valence-electron chi connectivity index (χ2n) is 4.97. The minimum absolute atomic E-state index is 0. The van der Waals surface area contributed by atoms with Crippen molar-refractivity contribution < 1.29 is 14.9 Å². The first-order valence-electron chi connectivity index (χ1n) is 6.85. The van der Waals surface area contributed by atoms with Crippen LogP contribution in [-0.4, -0.2) is 35.5 Å². The van der Waals surface area contributed by atoms with Crippen molar-refractivity contribution in [3.63, 3.8) is 0 Å². The predicted octanol–water partition coefficient (Wildman–Crippen LogP) is 2.64. The molecular weight excluding hydrogens is 278 g/mol. The van der Waals surface area contributed by atoms with Crippen LogP contribution in [-0.2, 0) is 4.74 Å². The molecule has 0 saturated carbocycles. The summed E-state index contributed by atoms with van der Waals surface area (Å²) in [5, 5.41) is 22.8. The molecule has 1 aromatic carbocycles. The highest BCUT2D eigenvalue weighted by Gasteiger charge is 2.18.